The van der Waals surface area contributed by atoms with E-state index in [2.05, 4.69) is 10.3 Å². The highest BCUT2D eigenvalue weighted by molar-refractivity contribution is 8.00. The van der Waals surface area contributed by atoms with Crippen molar-refractivity contribution >= 4 is 40.2 Å². The van der Waals surface area contributed by atoms with Crippen LogP contribution in [0.15, 0.2) is 35.4 Å². The standard InChI is InChI=1S/C14H15ClN2O2S/c1-9(14(19)17-6-7-18)20-13-4-5-16-12-8-10(15)2-3-11(12)13/h2-5,8-9,18H,6-7H2,1H3,(H,17,19). The molecule has 1 unspecified atom stereocenters. The minimum atomic E-state index is -0.247. The lowest BCUT2D eigenvalue weighted by Gasteiger charge is -2.12. The van der Waals surface area contributed by atoms with Crippen molar-refractivity contribution in [2.75, 3.05) is 13.2 Å². The summed E-state index contributed by atoms with van der Waals surface area (Å²) in [5, 5.41) is 12.7. The van der Waals surface area contributed by atoms with Crippen LogP contribution in [-0.2, 0) is 4.79 Å². The van der Waals surface area contributed by atoms with Gasteiger partial charge in [-0.05, 0) is 25.1 Å². The first-order valence-corrected chi connectivity index (χ1v) is 7.47. The van der Waals surface area contributed by atoms with Crippen molar-refractivity contribution < 1.29 is 9.90 Å². The van der Waals surface area contributed by atoms with E-state index in [1.54, 1.807) is 12.3 Å². The van der Waals surface area contributed by atoms with Gasteiger partial charge in [-0.3, -0.25) is 9.78 Å². The van der Waals surface area contributed by atoms with Crippen LogP contribution in [0.1, 0.15) is 6.92 Å². The van der Waals surface area contributed by atoms with Crippen molar-refractivity contribution in [2.24, 2.45) is 0 Å². The maximum Gasteiger partial charge on any atom is 0.233 e. The van der Waals surface area contributed by atoms with Gasteiger partial charge in [0.05, 0.1) is 17.4 Å². The van der Waals surface area contributed by atoms with Crippen LogP contribution in [0.25, 0.3) is 10.9 Å². The molecule has 2 rings (SSSR count). The molecule has 0 aliphatic rings. The van der Waals surface area contributed by atoms with E-state index < -0.39 is 0 Å². The number of benzene rings is 1. The van der Waals surface area contributed by atoms with Crippen molar-refractivity contribution in [1.82, 2.24) is 10.3 Å². The van der Waals surface area contributed by atoms with Crippen LogP contribution < -0.4 is 5.32 Å². The molecule has 0 fully saturated rings. The first-order valence-electron chi connectivity index (χ1n) is 6.21. The SMILES string of the molecule is CC(Sc1ccnc2cc(Cl)ccc12)C(=O)NCCO. The molecule has 1 aromatic heterocycles. The van der Waals surface area contributed by atoms with Gasteiger partial charge in [-0.2, -0.15) is 0 Å². The molecule has 1 atom stereocenters. The molecular formula is C14H15ClN2O2S. The van der Waals surface area contributed by atoms with E-state index in [9.17, 15) is 4.79 Å². The Kier molecular flexibility index (Phi) is 5.23. The van der Waals surface area contributed by atoms with Crippen LogP contribution in [0.4, 0.5) is 0 Å². The third kappa shape index (κ3) is 3.62. The van der Waals surface area contributed by atoms with E-state index >= 15 is 0 Å². The molecule has 20 heavy (non-hydrogen) atoms. The average molecular weight is 311 g/mol. The Hall–Kier alpha value is -1.30. The average Bonchev–Trinajstić information content (AvgIpc) is 2.44. The Morgan fingerprint density at radius 1 is 1.50 bits per heavy atom. The van der Waals surface area contributed by atoms with E-state index in [0.717, 1.165) is 15.8 Å². The summed E-state index contributed by atoms with van der Waals surface area (Å²) in [4.78, 5) is 17.1. The molecule has 0 bridgehead atoms. The van der Waals surface area contributed by atoms with Crippen LogP contribution in [0, 0.1) is 0 Å². The van der Waals surface area contributed by atoms with E-state index in [1.807, 2.05) is 25.1 Å². The van der Waals surface area contributed by atoms with Crippen LogP contribution in [0.5, 0.6) is 0 Å². The monoisotopic (exact) mass is 310 g/mol. The minimum Gasteiger partial charge on any atom is -0.395 e. The number of hydrogen-bond donors (Lipinski definition) is 2. The molecule has 0 radical (unpaired) electrons. The number of carbonyl (C=O) groups is 1. The molecule has 4 nitrogen and oxygen atoms in total. The van der Waals surface area contributed by atoms with E-state index in [0.29, 0.717) is 5.02 Å². The van der Waals surface area contributed by atoms with E-state index in [4.69, 9.17) is 16.7 Å². The van der Waals surface area contributed by atoms with Gasteiger partial charge in [0.1, 0.15) is 0 Å². The molecule has 0 aliphatic carbocycles. The molecule has 2 aromatic rings. The Morgan fingerprint density at radius 2 is 2.30 bits per heavy atom. The molecule has 106 valence electrons. The predicted molar refractivity (Wildman–Crippen MR) is 82.2 cm³/mol. The van der Waals surface area contributed by atoms with Crippen LogP contribution in [0.2, 0.25) is 5.02 Å². The second-order valence-electron chi connectivity index (χ2n) is 4.25. The molecular weight excluding hydrogens is 296 g/mol. The highest BCUT2D eigenvalue weighted by Gasteiger charge is 2.15. The van der Waals surface area contributed by atoms with Crippen molar-refractivity contribution in [3.8, 4) is 0 Å². The van der Waals surface area contributed by atoms with Crippen molar-refractivity contribution in [3.63, 3.8) is 0 Å². The third-order valence-electron chi connectivity index (χ3n) is 2.75. The van der Waals surface area contributed by atoms with Gasteiger partial charge in [0, 0.05) is 28.0 Å². The first kappa shape index (κ1) is 15.1. The zero-order chi connectivity index (χ0) is 14.5. The zero-order valence-corrected chi connectivity index (χ0v) is 12.5. The summed E-state index contributed by atoms with van der Waals surface area (Å²) in [5.41, 5.74) is 0.811. The van der Waals surface area contributed by atoms with Gasteiger partial charge < -0.3 is 10.4 Å². The summed E-state index contributed by atoms with van der Waals surface area (Å²) in [5.74, 6) is -0.0945. The fourth-order valence-corrected chi connectivity index (χ4v) is 2.94. The number of nitrogens with one attached hydrogen (secondary N) is 1. The highest BCUT2D eigenvalue weighted by Crippen LogP contribution is 2.31. The van der Waals surface area contributed by atoms with Gasteiger partial charge >= 0.3 is 0 Å². The summed E-state index contributed by atoms with van der Waals surface area (Å²) < 4.78 is 0. The second-order valence-corrected chi connectivity index (χ2v) is 6.06. The van der Waals surface area contributed by atoms with Gasteiger partial charge in [0.15, 0.2) is 0 Å². The van der Waals surface area contributed by atoms with E-state index in [-0.39, 0.29) is 24.3 Å². The number of amides is 1. The highest BCUT2D eigenvalue weighted by atomic mass is 35.5. The molecule has 0 spiro atoms. The van der Waals surface area contributed by atoms with Crippen LogP contribution in [-0.4, -0.2) is 34.4 Å². The Bertz CT molecular complexity index is 621. The summed E-state index contributed by atoms with van der Waals surface area (Å²) in [7, 11) is 0. The lowest BCUT2D eigenvalue weighted by atomic mass is 10.2. The van der Waals surface area contributed by atoms with E-state index in [1.165, 1.54) is 11.8 Å². The molecule has 0 aliphatic heterocycles. The maximum atomic E-state index is 11.8. The predicted octanol–water partition coefficient (Wildman–Crippen LogP) is 2.48. The van der Waals surface area contributed by atoms with Crippen LogP contribution in [0.3, 0.4) is 0 Å². The Labute approximate surface area is 126 Å². The quantitative estimate of drug-likeness (QED) is 0.833. The van der Waals surface area contributed by atoms with Crippen molar-refractivity contribution in [1.29, 1.82) is 0 Å². The van der Waals surface area contributed by atoms with Crippen molar-refractivity contribution in [3.05, 3.63) is 35.5 Å². The van der Waals surface area contributed by atoms with Gasteiger partial charge in [-0.25, -0.2) is 0 Å². The van der Waals surface area contributed by atoms with Gasteiger partial charge in [0.25, 0.3) is 0 Å². The van der Waals surface area contributed by atoms with Crippen molar-refractivity contribution in [2.45, 2.75) is 17.1 Å². The summed E-state index contributed by atoms with van der Waals surface area (Å²) in [6.07, 6.45) is 1.71. The number of fused-ring (bicyclic) bond motifs is 1. The van der Waals surface area contributed by atoms with Gasteiger partial charge in [0.2, 0.25) is 5.91 Å². The number of aromatic nitrogens is 1. The first-order chi connectivity index (χ1) is 9.61. The molecule has 1 amide bonds. The number of halogens is 1. The summed E-state index contributed by atoms with van der Waals surface area (Å²) >= 11 is 7.41. The normalized spacial score (nSPS) is 12.3. The fraction of sp³-hybridized carbons (Fsp3) is 0.286. The summed E-state index contributed by atoms with van der Waals surface area (Å²) in [6, 6.07) is 7.41. The Balaban J connectivity index is 2.19. The van der Waals surface area contributed by atoms with Gasteiger partial charge in [-0.1, -0.05) is 17.7 Å². The Morgan fingerprint density at radius 3 is 3.05 bits per heavy atom. The smallest absolute Gasteiger partial charge is 0.233 e. The third-order valence-corrected chi connectivity index (χ3v) is 4.16. The zero-order valence-electron chi connectivity index (χ0n) is 11.0. The molecule has 1 aromatic carbocycles. The maximum absolute atomic E-state index is 11.8. The number of pyridine rings is 1. The number of carbonyl (C=O) groups excluding carboxylic acids is 1. The van der Waals surface area contributed by atoms with Crippen LogP contribution >= 0.6 is 23.4 Å². The number of thioether (sulfide) groups is 1. The van der Waals surface area contributed by atoms with Gasteiger partial charge in [-0.15, -0.1) is 11.8 Å². The lowest BCUT2D eigenvalue weighted by Crippen LogP contribution is -2.32. The number of hydrogen-bond acceptors (Lipinski definition) is 4. The fourth-order valence-electron chi connectivity index (χ4n) is 1.76. The second kappa shape index (κ2) is 6.92. The largest absolute Gasteiger partial charge is 0.395 e. The minimum absolute atomic E-state index is 0.0557. The number of aliphatic hydroxyl groups is 1. The lowest BCUT2D eigenvalue weighted by molar-refractivity contribution is -0.120. The number of nitrogens with zero attached hydrogens (tertiary/aromatic N) is 1. The molecule has 0 saturated heterocycles. The molecule has 0 saturated carbocycles. The molecule has 6 heteroatoms. The topological polar surface area (TPSA) is 62.2 Å². The number of aliphatic hydroxyl groups excluding tert-OH is 1. The summed E-state index contributed by atoms with van der Waals surface area (Å²) in [6.45, 7) is 2.05. The molecule has 1 heterocycles. The molecule has 2 N–H and O–H groups in total. The number of rotatable bonds is 5.